The highest BCUT2D eigenvalue weighted by molar-refractivity contribution is 9.10. The average Bonchev–Trinajstić information content (AvgIpc) is 2.73. The van der Waals surface area contributed by atoms with Crippen LogP contribution >= 0.6 is 38.9 Å². The maximum atomic E-state index is 10.9. The van der Waals surface area contributed by atoms with E-state index < -0.39 is 0 Å². The maximum Gasteiger partial charge on any atom is 0.153 e. The van der Waals surface area contributed by atoms with E-state index in [9.17, 15) is 4.79 Å². The third kappa shape index (κ3) is 3.09. The number of hydrogen-bond acceptors (Lipinski definition) is 3. The van der Waals surface area contributed by atoms with Gasteiger partial charge in [-0.15, -0.1) is 11.3 Å². The highest BCUT2D eigenvalue weighted by atomic mass is 79.9. The number of carbonyl (C=O) groups is 1. The van der Waals surface area contributed by atoms with E-state index in [4.69, 9.17) is 16.3 Å². The molecule has 1 aromatic carbocycles. The Balaban J connectivity index is 2.16. The van der Waals surface area contributed by atoms with Gasteiger partial charge in [-0.2, -0.15) is 0 Å². The second-order valence-corrected chi connectivity index (χ2v) is 5.92. The van der Waals surface area contributed by atoms with Gasteiger partial charge in [-0.3, -0.25) is 4.79 Å². The Morgan fingerprint density at radius 2 is 2.18 bits per heavy atom. The van der Waals surface area contributed by atoms with Gasteiger partial charge in [-0.25, -0.2) is 0 Å². The molecule has 0 amide bonds. The second-order valence-electron chi connectivity index (χ2n) is 3.27. The van der Waals surface area contributed by atoms with Gasteiger partial charge < -0.3 is 4.74 Å². The van der Waals surface area contributed by atoms with Crippen LogP contribution in [0.4, 0.5) is 0 Å². The molecule has 0 aliphatic carbocycles. The van der Waals surface area contributed by atoms with Crippen LogP contribution in [-0.2, 0) is 6.61 Å². The minimum atomic E-state index is 0.404. The van der Waals surface area contributed by atoms with Gasteiger partial charge in [0.2, 0.25) is 0 Å². The van der Waals surface area contributed by atoms with E-state index in [2.05, 4.69) is 15.9 Å². The SMILES string of the molecule is O=Cc1cccc(Br)c1OCc1ccc(Cl)s1. The Bertz CT molecular complexity index is 539. The summed E-state index contributed by atoms with van der Waals surface area (Å²) >= 11 is 10.7. The summed E-state index contributed by atoms with van der Waals surface area (Å²) in [4.78, 5) is 11.9. The first kappa shape index (κ1) is 12.6. The number of ether oxygens (including phenoxy) is 1. The van der Waals surface area contributed by atoms with E-state index in [1.165, 1.54) is 11.3 Å². The summed E-state index contributed by atoms with van der Waals surface area (Å²) in [6, 6.07) is 9.08. The number of benzene rings is 1. The van der Waals surface area contributed by atoms with Crippen LogP contribution in [0.3, 0.4) is 0 Å². The normalized spacial score (nSPS) is 10.2. The minimum Gasteiger partial charge on any atom is -0.486 e. The molecule has 88 valence electrons. The maximum absolute atomic E-state index is 10.9. The van der Waals surface area contributed by atoms with Gasteiger partial charge in [0.1, 0.15) is 12.4 Å². The number of halogens is 2. The first-order valence-corrected chi connectivity index (χ1v) is 6.80. The average molecular weight is 332 g/mol. The van der Waals surface area contributed by atoms with Crippen molar-refractivity contribution >= 4 is 45.2 Å². The Labute approximate surface area is 116 Å². The van der Waals surface area contributed by atoms with Crippen molar-refractivity contribution in [2.75, 3.05) is 0 Å². The molecule has 0 atom stereocenters. The van der Waals surface area contributed by atoms with Crippen molar-refractivity contribution in [3.63, 3.8) is 0 Å². The second kappa shape index (κ2) is 5.67. The largest absolute Gasteiger partial charge is 0.486 e. The molecule has 0 radical (unpaired) electrons. The predicted octanol–water partition coefficient (Wildman–Crippen LogP) is 4.56. The molecular weight excluding hydrogens is 324 g/mol. The molecule has 1 aromatic heterocycles. The van der Waals surface area contributed by atoms with E-state index in [0.717, 1.165) is 20.0 Å². The molecule has 2 rings (SSSR count). The van der Waals surface area contributed by atoms with Crippen molar-refractivity contribution in [2.45, 2.75) is 6.61 Å². The smallest absolute Gasteiger partial charge is 0.153 e. The summed E-state index contributed by atoms with van der Waals surface area (Å²) in [7, 11) is 0. The molecule has 1 heterocycles. The monoisotopic (exact) mass is 330 g/mol. The summed E-state index contributed by atoms with van der Waals surface area (Å²) in [6.07, 6.45) is 0.779. The number of rotatable bonds is 4. The van der Waals surface area contributed by atoms with Crippen molar-refractivity contribution in [3.8, 4) is 5.75 Å². The molecule has 17 heavy (non-hydrogen) atoms. The van der Waals surface area contributed by atoms with Gasteiger partial charge in [0.25, 0.3) is 0 Å². The lowest BCUT2D eigenvalue weighted by atomic mass is 10.2. The molecule has 0 unspecified atom stereocenters. The molecule has 0 spiro atoms. The minimum absolute atomic E-state index is 0.404. The fourth-order valence-corrected chi connectivity index (χ4v) is 2.84. The molecule has 0 saturated carbocycles. The van der Waals surface area contributed by atoms with Crippen molar-refractivity contribution in [1.29, 1.82) is 0 Å². The van der Waals surface area contributed by atoms with E-state index in [0.29, 0.717) is 17.9 Å². The van der Waals surface area contributed by atoms with Crippen molar-refractivity contribution in [3.05, 3.63) is 49.6 Å². The molecule has 5 heteroatoms. The lowest BCUT2D eigenvalue weighted by molar-refractivity contribution is 0.111. The van der Waals surface area contributed by atoms with Crippen LogP contribution in [0.2, 0.25) is 4.34 Å². The first-order chi connectivity index (χ1) is 8.20. The van der Waals surface area contributed by atoms with Crippen molar-refractivity contribution < 1.29 is 9.53 Å². The molecular formula is C12H8BrClO2S. The van der Waals surface area contributed by atoms with Crippen LogP contribution in [0.5, 0.6) is 5.75 Å². The zero-order chi connectivity index (χ0) is 12.3. The van der Waals surface area contributed by atoms with Crippen LogP contribution in [-0.4, -0.2) is 6.29 Å². The Morgan fingerprint density at radius 3 is 2.82 bits per heavy atom. The third-order valence-electron chi connectivity index (χ3n) is 2.11. The summed E-state index contributed by atoms with van der Waals surface area (Å²) in [5.74, 6) is 0.562. The Kier molecular flexibility index (Phi) is 4.20. The number of hydrogen-bond donors (Lipinski definition) is 0. The molecule has 2 aromatic rings. The molecule has 2 nitrogen and oxygen atoms in total. The summed E-state index contributed by atoms with van der Waals surface area (Å²) < 4.78 is 7.13. The van der Waals surface area contributed by atoms with Crippen LogP contribution in [0, 0.1) is 0 Å². The number of carbonyl (C=O) groups excluding carboxylic acids is 1. The topological polar surface area (TPSA) is 26.3 Å². The fourth-order valence-electron chi connectivity index (χ4n) is 1.34. The van der Waals surface area contributed by atoms with E-state index >= 15 is 0 Å². The van der Waals surface area contributed by atoms with Crippen LogP contribution < -0.4 is 4.74 Å². The molecule has 0 saturated heterocycles. The van der Waals surface area contributed by atoms with Crippen LogP contribution in [0.15, 0.2) is 34.8 Å². The number of thiophene rings is 1. The Hall–Kier alpha value is -0.840. The van der Waals surface area contributed by atoms with Gasteiger partial charge in [-0.05, 0) is 40.2 Å². The fraction of sp³-hybridized carbons (Fsp3) is 0.0833. The van der Waals surface area contributed by atoms with Crippen molar-refractivity contribution in [1.82, 2.24) is 0 Å². The molecule has 0 N–H and O–H groups in total. The lowest BCUT2D eigenvalue weighted by Gasteiger charge is -2.09. The van der Waals surface area contributed by atoms with Crippen LogP contribution in [0.1, 0.15) is 15.2 Å². The Morgan fingerprint density at radius 1 is 1.35 bits per heavy atom. The number of aldehydes is 1. The van der Waals surface area contributed by atoms with Gasteiger partial charge in [-0.1, -0.05) is 17.7 Å². The van der Waals surface area contributed by atoms with Gasteiger partial charge >= 0.3 is 0 Å². The summed E-state index contributed by atoms with van der Waals surface area (Å²) in [5, 5.41) is 0. The standard InChI is InChI=1S/C12H8BrClO2S/c13-10-3-1-2-8(6-15)12(10)16-7-9-4-5-11(14)17-9/h1-6H,7H2. The summed E-state index contributed by atoms with van der Waals surface area (Å²) in [5.41, 5.74) is 0.530. The zero-order valence-electron chi connectivity index (χ0n) is 8.65. The highest BCUT2D eigenvalue weighted by Gasteiger charge is 2.08. The number of para-hydroxylation sites is 1. The van der Waals surface area contributed by atoms with Gasteiger partial charge in [0.05, 0.1) is 14.4 Å². The zero-order valence-corrected chi connectivity index (χ0v) is 11.8. The first-order valence-electron chi connectivity index (χ1n) is 4.81. The lowest BCUT2D eigenvalue weighted by Crippen LogP contribution is -1.97. The molecule has 0 aliphatic heterocycles. The molecule has 0 aliphatic rings. The highest BCUT2D eigenvalue weighted by Crippen LogP contribution is 2.30. The predicted molar refractivity (Wildman–Crippen MR) is 73.2 cm³/mol. The third-order valence-corrected chi connectivity index (χ3v) is 3.94. The van der Waals surface area contributed by atoms with E-state index in [1.807, 2.05) is 18.2 Å². The van der Waals surface area contributed by atoms with Gasteiger partial charge in [0, 0.05) is 4.88 Å². The van der Waals surface area contributed by atoms with E-state index in [-0.39, 0.29) is 0 Å². The van der Waals surface area contributed by atoms with Gasteiger partial charge in [0.15, 0.2) is 6.29 Å². The molecule has 0 bridgehead atoms. The molecule has 0 fully saturated rings. The quantitative estimate of drug-likeness (QED) is 0.768. The summed E-state index contributed by atoms with van der Waals surface area (Å²) in [6.45, 7) is 0.404. The van der Waals surface area contributed by atoms with Crippen LogP contribution in [0.25, 0.3) is 0 Å². The van der Waals surface area contributed by atoms with E-state index in [1.54, 1.807) is 12.1 Å². The van der Waals surface area contributed by atoms with Crippen molar-refractivity contribution in [2.24, 2.45) is 0 Å².